The van der Waals surface area contributed by atoms with Crippen molar-refractivity contribution in [2.75, 3.05) is 13.2 Å². The summed E-state index contributed by atoms with van der Waals surface area (Å²) in [6, 6.07) is 3.96. The van der Waals surface area contributed by atoms with E-state index in [0.29, 0.717) is 0 Å². The third-order valence-electron chi connectivity index (χ3n) is 2.43. The van der Waals surface area contributed by atoms with Gasteiger partial charge >= 0.3 is 13.8 Å². The molecule has 1 unspecified atom stereocenters. The Bertz CT molecular complexity index is 480. The summed E-state index contributed by atoms with van der Waals surface area (Å²) in [6.45, 7) is 3.11. The number of hydrogen-bond acceptors (Lipinski definition) is 4. The highest BCUT2D eigenvalue weighted by molar-refractivity contribution is 7.54. The molecule has 114 valence electrons. The minimum atomic E-state index is -4.54. The summed E-state index contributed by atoms with van der Waals surface area (Å²) >= 11 is 0. The number of alkyl halides is 3. The molecule has 4 nitrogen and oxygen atoms in total. The number of benzene rings is 1. The Hall–Kier alpha value is -0.880. The summed E-state index contributed by atoms with van der Waals surface area (Å²) in [5, 5.41) is 10.0. The van der Waals surface area contributed by atoms with E-state index in [-0.39, 0.29) is 18.8 Å². The predicted molar refractivity (Wildman–Crippen MR) is 67.3 cm³/mol. The van der Waals surface area contributed by atoms with Crippen molar-refractivity contribution in [1.29, 1.82) is 0 Å². The number of rotatable bonds is 6. The van der Waals surface area contributed by atoms with Crippen molar-refractivity contribution in [3.05, 3.63) is 35.4 Å². The van der Waals surface area contributed by atoms with Crippen LogP contribution in [0.15, 0.2) is 24.3 Å². The van der Waals surface area contributed by atoms with Crippen molar-refractivity contribution in [3.63, 3.8) is 0 Å². The van der Waals surface area contributed by atoms with E-state index in [1.54, 1.807) is 13.8 Å². The first kappa shape index (κ1) is 17.2. The Kier molecular flexibility index (Phi) is 5.77. The van der Waals surface area contributed by atoms with Gasteiger partial charge in [-0.05, 0) is 31.5 Å². The molecule has 0 aliphatic carbocycles. The third kappa shape index (κ3) is 4.06. The van der Waals surface area contributed by atoms with Gasteiger partial charge in [-0.15, -0.1) is 0 Å². The Morgan fingerprint density at radius 2 is 1.80 bits per heavy atom. The summed E-state index contributed by atoms with van der Waals surface area (Å²) in [4.78, 5) is 0. The van der Waals surface area contributed by atoms with E-state index in [0.717, 1.165) is 18.2 Å². The van der Waals surface area contributed by atoms with E-state index in [1.807, 2.05) is 0 Å². The molecule has 1 rings (SSSR count). The molecular weight excluding hydrogens is 296 g/mol. The van der Waals surface area contributed by atoms with Crippen LogP contribution in [0.4, 0.5) is 13.2 Å². The van der Waals surface area contributed by atoms with Gasteiger partial charge in [-0.2, -0.15) is 13.2 Å². The predicted octanol–water partition coefficient (Wildman–Crippen LogP) is 3.96. The van der Waals surface area contributed by atoms with Crippen molar-refractivity contribution in [2.45, 2.75) is 25.9 Å². The maximum Gasteiger partial charge on any atom is 0.416 e. The molecule has 0 bridgehead atoms. The van der Waals surface area contributed by atoms with Gasteiger partial charge in [0.05, 0.1) is 18.8 Å². The van der Waals surface area contributed by atoms with Gasteiger partial charge in [0.2, 0.25) is 0 Å². The van der Waals surface area contributed by atoms with Crippen LogP contribution in [-0.2, 0) is 19.8 Å². The number of halogens is 3. The summed E-state index contributed by atoms with van der Waals surface area (Å²) < 4.78 is 60.0. The first-order valence-corrected chi connectivity index (χ1v) is 7.59. The van der Waals surface area contributed by atoms with Crippen LogP contribution in [0.5, 0.6) is 0 Å². The molecule has 1 aromatic carbocycles. The normalized spacial score (nSPS) is 14.3. The fourth-order valence-electron chi connectivity index (χ4n) is 1.60. The molecule has 8 heteroatoms. The molecule has 0 aromatic heterocycles. The van der Waals surface area contributed by atoms with Gasteiger partial charge in [0.25, 0.3) is 0 Å². The van der Waals surface area contributed by atoms with Gasteiger partial charge in [-0.1, -0.05) is 12.1 Å². The summed E-state index contributed by atoms with van der Waals surface area (Å²) in [7, 11) is -3.92. The SMILES string of the molecule is CCOP(=O)(OCC)C(O)c1cccc(C(F)(F)F)c1. The molecule has 0 aliphatic rings. The highest BCUT2D eigenvalue weighted by atomic mass is 31.2. The van der Waals surface area contributed by atoms with E-state index in [9.17, 15) is 22.8 Å². The molecule has 0 spiro atoms. The van der Waals surface area contributed by atoms with E-state index in [2.05, 4.69) is 0 Å². The standard InChI is InChI=1S/C12H16F3O4P/c1-3-18-20(17,19-4-2)11(16)9-6-5-7-10(8-9)12(13,14)15/h5-8,11,16H,3-4H2,1-2H3. The van der Waals surface area contributed by atoms with Gasteiger partial charge in [0.1, 0.15) is 0 Å². The largest absolute Gasteiger partial charge is 0.416 e. The third-order valence-corrected chi connectivity index (χ3v) is 4.56. The number of hydrogen-bond donors (Lipinski definition) is 1. The van der Waals surface area contributed by atoms with Gasteiger partial charge in [0, 0.05) is 0 Å². The molecule has 0 radical (unpaired) electrons. The lowest BCUT2D eigenvalue weighted by molar-refractivity contribution is -0.137. The molecular formula is C12H16F3O4P. The Labute approximate surface area is 115 Å². The average Bonchev–Trinajstić information content (AvgIpc) is 2.37. The van der Waals surface area contributed by atoms with Crippen LogP contribution < -0.4 is 0 Å². The molecule has 1 N–H and O–H groups in total. The van der Waals surface area contributed by atoms with Gasteiger partial charge in [-0.25, -0.2) is 0 Å². The van der Waals surface area contributed by atoms with Crippen LogP contribution in [0.1, 0.15) is 30.8 Å². The minimum absolute atomic E-state index is 0.00724. The van der Waals surface area contributed by atoms with Crippen LogP contribution in [0.2, 0.25) is 0 Å². The van der Waals surface area contributed by atoms with Crippen LogP contribution in [0.25, 0.3) is 0 Å². The van der Waals surface area contributed by atoms with E-state index in [4.69, 9.17) is 9.05 Å². The first-order valence-electron chi connectivity index (χ1n) is 5.98. The van der Waals surface area contributed by atoms with Crippen molar-refractivity contribution in [1.82, 2.24) is 0 Å². The van der Waals surface area contributed by atoms with E-state index in [1.165, 1.54) is 6.07 Å². The molecule has 0 fully saturated rings. The molecule has 20 heavy (non-hydrogen) atoms. The lowest BCUT2D eigenvalue weighted by Gasteiger charge is -2.23. The minimum Gasteiger partial charge on any atom is -0.376 e. The second-order valence-corrected chi connectivity index (χ2v) is 5.96. The van der Waals surface area contributed by atoms with Gasteiger partial charge in [0.15, 0.2) is 5.85 Å². The fraction of sp³-hybridized carbons (Fsp3) is 0.500. The number of aliphatic hydroxyl groups is 1. The van der Waals surface area contributed by atoms with Crippen LogP contribution in [-0.4, -0.2) is 18.3 Å². The second-order valence-electron chi connectivity index (χ2n) is 3.87. The monoisotopic (exact) mass is 312 g/mol. The molecule has 0 aliphatic heterocycles. The zero-order valence-corrected chi connectivity index (χ0v) is 11.9. The van der Waals surface area contributed by atoms with Crippen LogP contribution in [0, 0.1) is 0 Å². The van der Waals surface area contributed by atoms with Crippen LogP contribution in [0.3, 0.4) is 0 Å². The Morgan fingerprint density at radius 3 is 2.25 bits per heavy atom. The maximum absolute atomic E-state index is 12.6. The lowest BCUT2D eigenvalue weighted by Crippen LogP contribution is -2.09. The second kappa shape index (κ2) is 6.72. The van der Waals surface area contributed by atoms with Gasteiger partial charge < -0.3 is 14.2 Å². The smallest absolute Gasteiger partial charge is 0.376 e. The van der Waals surface area contributed by atoms with Crippen molar-refractivity contribution < 1.29 is 31.9 Å². The molecule has 0 saturated carbocycles. The summed E-state index contributed by atoms with van der Waals surface area (Å²) in [6.07, 6.45) is -4.54. The molecule has 1 aromatic rings. The van der Waals surface area contributed by atoms with Crippen molar-refractivity contribution in [3.8, 4) is 0 Å². The number of aliphatic hydroxyl groups excluding tert-OH is 1. The Morgan fingerprint density at radius 1 is 1.25 bits per heavy atom. The first-order chi connectivity index (χ1) is 9.24. The van der Waals surface area contributed by atoms with E-state index >= 15 is 0 Å². The average molecular weight is 312 g/mol. The van der Waals surface area contributed by atoms with Gasteiger partial charge in [-0.3, -0.25) is 4.57 Å². The topological polar surface area (TPSA) is 55.8 Å². The molecule has 1 atom stereocenters. The highest BCUT2D eigenvalue weighted by Gasteiger charge is 2.37. The molecule has 0 saturated heterocycles. The zero-order valence-electron chi connectivity index (χ0n) is 11.1. The zero-order chi connectivity index (χ0) is 15.4. The molecule has 0 heterocycles. The maximum atomic E-state index is 12.6. The van der Waals surface area contributed by atoms with Crippen molar-refractivity contribution in [2.24, 2.45) is 0 Å². The lowest BCUT2D eigenvalue weighted by atomic mass is 10.1. The van der Waals surface area contributed by atoms with Crippen molar-refractivity contribution >= 4 is 7.60 Å². The van der Waals surface area contributed by atoms with Crippen LogP contribution >= 0.6 is 7.60 Å². The highest BCUT2D eigenvalue weighted by Crippen LogP contribution is 2.59. The van der Waals surface area contributed by atoms with E-state index < -0.39 is 25.2 Å². The quantitative estimate of drug-likeness (QED) is 0.808. The molecule has 0 amide bonds. The summed E-state index contributed by atoms with van der Waals surface area (Å²) in [5.74, 6) is -1.76. The summed E-state index contributed by atoms with van der Waals surface area (Å²) in [5.41, 5.74) is -1.10. The fourth-order valence-corrected chi connectivity index (χ4v) is 3.20. The Balaban J connectivity index is 3.12.